The zero-order chi connectivity index (χ0) is 26.2. The first-order valence-corrected chi connectivity index (χ1v) is 11.5. The summed E-state index contributed by atoms with van der Waals surface area (Å²) in [6.07, 6.45) is 0.963. The molecule has 0 unspecified atom stereocenters. The van der Waals surface area contributed by atoms with E-state index in [1.165, 1.54) is 18.9 Å². The molecular formula is C26H41N3O5. The molecule has 1 rings (SSSR count). The molecule has 0 aliphatic heterocycles. The fourth-order valence-electron chi connectivity index (χ4n) is 4.05. The number of nitrogens with zero attached hydrogens (tertiary/aromatic N) is 1. The lowest BCUT2D eigenvalue weighted by Gasteiger charge is -2.37. The molecule has 1 aromatic rings. The summed E-state index contributed by atoms with van der Waals surface area (Å²) < 4.78 is 5.44. The molecule has 0 bridgehead atoms. The van der Waals surface area contributed by atoms with E-state index in [1.54, 1.807) is 27.1 Å². The van der Waals surface area contributed by atoms with Crippen LogP contribution in [0.5, 0.6) is 0 Å². The molecule has 0 saturated heterocycles. The summed E-state index contributed by atoms with van der Waals surface area (Å²) in [5.41, 5.74) is 0.578. The second-order valence-electron chi connectivity index (χ2n) is 9.58. The van der Waals surface area contributed by atoms with E-state index in [0.29, 0.717) is 0 Å². The van der Waals surface area contributed by atoms with Gasteiger partial charge in [0, 0.05) is 25.1 Å². The number of carboxylic acids is 1. The van der Waals surface area contributed by atoms with Gasteiger partial charge in [0.1, 0.15) is 6.04 Å². The summed E-state index contributed by atoms with van der Waals surface area (Å²) in [7, 11) is 4.81. The standard InChI is InChI=1S/C26H41N3O5/c1-16(2)20(15-17(3)25(32)33)29(8)24(31)21(18(4)34-9)28-23(30)22(27-7)26(5,6)19-13-11-10-12-14-19/h10-16,18,20-22,27H,1-9H3,(H,28,30)(H,32,33)/b17-15+/t18-,20-,21+,22-/m1/s1. The number of likely N-dealkylation sites (N-methyl/N-ethyl adjacent to an activating group) is 2. The van der Waals surface area contributed by atoms with Crippen molar-refractivity contribution in [2.45, 2.75) is 71.2 Å². The molecule has 4 atom stereocenters. The SMILES string of the molecule is CN[C@H](C(=O)N[C@H](C(=O)N(C)[C@H](/C=C(\C)C(=O)O)C(C)C)[C@@H](C)OC)C(C)(C)c1ccccc1. The van der Waals surface area contributed by atoms with Crippen molar-refractivity contribution in [1.82, 2.24) is 15.5 Å². The average Bonchev–Trinajstić information content (AvgIpc) is 2.79. The Morgan fingerprint density at radius 1 is 1.12 bits per heavy atom. The number of benzene rings is 1. The van der Waals surface area contributed by atoms with Gasteiger partial charge in [0.15, 0.2) is 0 Å². The van der Waals surface area contributed by atoms with Gasteiger partial charge < -0.3 is 25.4 Å². The van der Waals surface area contributed by atoms with Crippen molar-refractivity contribution in [1.29, 1.82) is 0 Å². The Kier molecular flexibility index (Phi) is 10.9. The predicted molar refractivity (Wildman–Crippen MR) is 134 cm³/mol. The zero-order valence-electron chi connectivity index (χ0n) is 21.9. The van der Waals surface area contributed by atoms with Crippen LogP contribution in [0.2, 0.25) is 0 Å². The fraction of sp³-hybridized carbons (Fsp3) is 0.577. The molecular weight excluding hydrogens is 434 g/mol. The molecule has 34 heavy (non-hydrogen) atoms. The Labute approximate surface area is 203 Å². The van der Waals surface area contributed by atoms with Crippen LogP contribution in [0.15, 0.2) is 42.0 Å². The molecule has 0 spiro atoms. The lowest BCUT2D eigenvalue weighted by Crippen LogP contribution is -2.61. The molecule has 0 aliphatic rings. The van der Waals surface area contributed by atoms with Gasteiger partial charge in [-0.3, -0.25) is 9.59 Å². The van der Waals surface area contributed by atoms with Gasteiger partial charge in [0.25, 0.3) is 0 Å². The maximum Gasteiger partial charge on any atom is 0.331 e. The number of nitrogens with one attached hydrogen (secondary N) is 2. The first-order chi connectivity index (χ1) is 15.8. The van der Waals surface area contributed by atoms with E-state index in [0.717, 1.165) is 5.56 Å². The number of ether oxygens (including phenoxy) is 1. The molecule has 190 valence electrons. The first-order valence-electron chi connectivity index (χ1n) is 11.5. The highest BCUT2D eigenvalue weighted by molar-refractivity contribution is 5.91. The zero-order valence-corrected chi connectivity index (χ0v) is 21.9. The molecule has 1 aromatic carbocycles. The fourth-order valence-corrected chi connectivity index (χ4v) is 4.05. The molecule has 2 amide bonds. The van der Waals surface area contributed by atoms with E-state index in [4.69, 9.17) is 4.74 Å². The van der Waals surface area contributed by atoms with Gasteiger partial charge in [-0.15, -0.1) is 0 Å². The number of hydrogen-bond donors (Lipinski definition) is 3. The number of carbonyl (C=O) groups is 3. The molecule has 0 heterocycles. The van der Waals surface area contributed by atoms with Crippen molar-refractivity contribution < 1.29 is 24.2 Å². The van der Waals surface area contributed by atoms with Crippen LogP contribution in [0.1, 0.15) is 47.1 Å². The summed E-state index contributed by atoms with van der Waals surface area (Å²) >= 11 is 0. The van der Waals surface area contributed by atoms with Crippen LogP contribution in [0.3, 0.4) is 0 Å². The summed E-state index contributed by atoms with van der Waals surface area (Å²) in [6, 6.07) is 7.67. The molecule has 0 aromatic heterocycles. The van der Waals surface area contributed by atoms with Crippen molar-refractivity contribution in [2.24, 2.45) is 5.92 Å². The number of aliphatic carboxylic acids is 1. The molecule has 3 N–H and O–H groups in total. The minimum atomic E-state index is -1.04. The van der Waals surface area contributed by atoms with Crippen molar-refractivity contribution in [3.05, 3.63) is 47.5 Å². The maximum absolute atomic E-state index is 13.5. The highest BCUT2D eigenvalue weighted by Crippen LogP contribution is 2.27. The average molecular weight is 476 g/mol. The molecule has 0 saturated carbocycles. The second-order valence-corrected chi connectivity index (χ2v) is 9.58. The van der Waals surface area contributed by atoms with Crippen molar-refractivity contribution in [3.8, 4) is 0 Å². The molecule has 0 aliphatic carbocycles. The number of rotatable bonds is 12. The summed E-state index contributed by atoms with van der Waals surface area (Å²) in [6.45, 7) is 11.0. The van der Waals surface area contributed by atoms with E-state index in [1.807, 2.05) is 58.0 Å². The van der Waals surface area contributed by atoms with E-state index in [9.17, 15) is 19.5 Å². The van der Waals surface area contributed by atoms with Crippen molar-refractivity contribution >= 4 is 17.8 Å². The number of hydrogen-bond acceptors (Lipinski definition) is 5. The van der Waals surface area contributed by atoms with Crippen LogP contribution in [0.4, 0.5) is 0 Å². The highest BCUT2D eigenvalue weighted by Gasteiger charge is 2.39. The maximum atomic E-state index is 13.5. The number of carboxylic acid groups (broad SMARTS) is 1. The van der Waals surface area contributed by atoms with Gasteiger partial charge in [0.05, 0.1) is 18.2 Å². The minimum absolute atomic E-state index is 0.0421. The topological polar surface area (TPSA) is 108 Å². The molecule has 8 heteroatoms. The Morgan fingerprint density at radius 2 is 1.68 bits per heavy atom. The molecule has 0 radical (unpaired) electrons. The third-order valence-corrected chi connectivity index (χ3v) is 6.43. The van der Waals surface area contributed by atoms with Crippen LogP contribution >= 0.6 is 0 Å². The van der Waals surface area contributed by atoms with E-state index in [-0.39, 0.29) is 23.3 Å². The summed E-state index contributed by atoms with van der Waals surface area (Å²) in [5.74, 6) is -1.77. The number of carbonyl (C=O) groups excluding carboxylic acids is 2. The number of methoxy groups -OCH3 is 1. The van der Waals surface area contributed by atoms with Crippen LogP contribution in [0, 0.1) is 5.92 Å². The second kappa shape index (κ2) is 12.7. The van der Waals surface area contributed by atoms with E-state index in [2.05, 4.69) is 10.6 Å². The van der Waals surface area contributed by atoms with Gasteiger partial charge in [-0.1, -0.05) is 64.1 Å². The van der Waals surface area contributed by atoms with Gasteiger partial charge in [-0.2, -0.15) is 0 Å². The van der Waals surface area contributed by atoms with Gasteiger partial charge in [-0.25, -0.2) is 4.79 Å². The monoisotopic (exact) mass is 475 g/mol. The highest BCUT2D eigenvalue weighted by atomic mass is 16.5. The van der Waals surface area contributed by atoms with E-state index >= 15 is 0 Å². The van der Waals surface area contributed by atoms with Gasteiger partial charge >= 0.3 is 5.97 Å². The Hall–Kier alpha value is -2.71. The quantitative estimate of drug-likeness (QED) is 0.401. The lowest BCUT2D eigenvalue weighted by molar-refractivity contribution is -0.141. The molecule has 8 nitrogen and oxygen atoms in total. The predicted octanol–water partition coefficient (Wildman–Crippen LogP) is 2.59. The Balaban J connectivity index is 3.25. The van der Waals surface area contributed by atoms with Crippen LogP contribution in [-0.4, -0.2) is 73.2 Å². The van der Waals surface area contributed by atoms with Gasteiger partial charge in [0.2, 0.25) is 11.8 Å². The van der Waals surface area contributed by atoms with E-state index < -0.39 is 35.6 Å². The largest absolute Gasteiger partial charge is 0.478 e. The Bertz CT molecular complexity index is 866. The van der Waals surface area contributed by atoms with Gasteiger partial charge in [-0.05, 0) is 32.4 Å². The number of amides is 2. The molecule has 0 fully saturated rings. The Morgan fingerprint density at radius 3 is 2.12 bits per heavy atom. The smallest absolute Gasteiger partial charge is 0.331 e. The van der Waals surface area contributed by atoms with Crippen LogP contribution in [0.25, 0.3) is 0 Å². The third kappa shape index (κ3) is 7.14. The summed E-state index contributed by atoms with van der Waals surface area (Å²) in [5, 5.41) is 15.3. The normalized spacial score (nSPS) is 15.9. The first kappa shape index (κ1) is 29.3. The lowest BCUT2D eigenvalue weighted by atomic mass is 9.77. The summed E-state index contributed by atoms with van der Waals surface area (Å²) in [4.78, 5) is 39.8. The third-order valence-electron chi connectivity index (χ3n) is 6.43. The minimum Gasteiger partial charge on any atom is -0.478 e. The van der Waals surface area contributed by atoms with Crippen molar-refractivity contribution in [3.63, 3.8) is 0 Å². The van der Waals surface area contributed by atoms with Crippen molar-refractivity contribution in [2.75, 3.05) is 21.2 Å². The van der Waals surface area contributed by atoms with Crippen LogP contribution in [-0.2, 0) is 24.5 Å². The van der Waals surface area contributed by atoms with Crippen LogP contribution < -0.4 is 10.6 Å².